The number of nitrogens with one attached hydrogen (secondary N) is 2. The monoisotopic (exact) mass is 295 g/mol. The van der Waals surface area contributed by atoms with E-state index in [-0.39, 0.29) is 0 Å². The van der Waals surface area contributed by atoms with Gasteiger partial charge in [-0.05, 0) is 6.92 Å². The zero-order valence-corrected chi connectivity index (χ0v) is 12.2. The maximum absolute atomic E-state index is 11.9. The molecule has 1 atom stereocenters. The lowest BCUT2D eigenvalue weighted by Crippen LogP contribution is -2.60. The van der Waals surface area contributed by atoms with E-state index in [2.05, 4.69) is 15.8 Å². The topological polar surface area (TPSA) is 62.7 Å². The Balaban J connectivity index is 2.18. The third-order valence-corrected chi connectivity index (χ3v) is 3.48. The highest BCUT2D eigenvalue weighted by atomic mass is 16.5. The Labute approximate surface area is 129 Å². The number of carbonyl (C=O) groups excluding carboxylic acids is 1. The molecule has 0 radical (unpaired) electrons. The first-order valence-corrected chi connectivity index (χ1v) is 7.17. The summed E-state index contributed by atoms with van der Waals surface area (Å²) in [6, 6.07) is 18.8. The molecule has 5 nitrogen and oxygen atoms in total. The van der Waals surface area contributed by atoms with Crippen molar-refractivity contribution in [2.45, 2.75) is 12.6 Å². The van der Waals surface area contributed by atoms with Crippen LogP contribution in [0.4, 0.5) is 4.79 Å². The molecule has 1 aliphatic rings. The van der Waals surface area contributed by atoms with Crippen LogP contribution in [0.5, 0.6) is 0 Å². The van der Waals surface area contributed by atoms with Gasteiger partial charge in [-0.15, -0.1) is 0 Å². The van der Waals surface area contributed by atoms with Crippen molar-refractivity contribution in [3.63, 3.8) is 0 Å². The van der Waals surface area contributed by atoms with Gasteiger partial charge in [0.1, 0.15) is 5.71 Å². The third kappa shape index (κ3) is 2.46. The van der Waals surface area contributed by atoms with Crippen LogP contribution in [0.1, 0.15) is 18.1 Å². The maximum Gasteiger partial charge on any atom is 0.337 e. The summed E-state index contributed by atoms with van der Waals surface area (Å²) in [7, 11) is 0. The number of hydrogen-bond acceptors (Lipinski definition) is 3. The van der Waals surface area contributed by atoms with Crippen LogP contribution >= 0.6 is 0 Å². The van der Waals surface area contributed by atoms with Gasteiger partial charge in [-0.25, -0.2) is 10.2 Å². The Morgan fingerprint density at radius 2 is 1.68 bits per heavy atom. The fourth-order valence-electron chi connectivity index (χ4n) is 2.58. The zero-order valence-electron chi connectivity index (χ0n) is 12.2. The van der Waals surface area contributed by atoms with E-state index in [0.717, 1.165) is 11.1 Å². The summed E-state index contributed by atoms with van der Waals surface area (Å²) in [6.45, 7) is 2.32. The molecule has 2 N–H and O–H groups in total. The standard InChI is InChI=1S/C17H17N3O2/c1-2-22-17(14-11-7-4-8-12-14)15(19-20-16(21)18-17)13-9-5-3-6-10-13/h3-12H,2H2,1H3,(H2,18,20,21). The molecule has 5 heteroatoms. The maximum atomic E-state index is 11.9. The number of hydrogen-bond donors (Lipinski definition) is 2. The van der Waals surface area contributed by atoms with E-state index < -0.39 is 11.8 Å². The van der Waals surface area contributed by atoms with Gasteiger partial charge in [-0.2, -0.15) is 5.10 Å². The first-order chi connectivity index (χ1) is 10.8. The Bertz CT molecular complexity index is 686. The van der Waals surface area contributed by atoms with Crippen molar-refractivity contribution in [1.29, 1.82) is 0 Å². The molecule has 0 bridgehead atoms. The SMILES string of the molecule is CCOC1(c2ccccc2)NC(=O)NN=C1c1ccccc1. The van der Waals surface area contributed by atoms with Crippen molar-refractivity contribution in [3.05, 3.63) is 71.8 Å². The summed E-state index contributed by atoms with van der Waals surface area (Å²) in [5.41, 5.74) is 3.71. The fraction of sp³-hybridized carbons (Fsp3) is 0.176. The number of hydrazone groups is 1. The summed E-state index contributed by atoms with van der Waals surface area (Å²) < 4.78 is 5.99. The zero-order chi connectivity index (χ0) is 15.4. The van der Waals surface area contributed by atoms with E-state index in [1.165, 1.54) is 0 Å². The number of urea groups is 1. The van der Waals surface area contributed by atoms with Crippen LogP contribution in [0.3, 0.4) is 0 Å². The van der Waals surface area contributed by atoms with Crippen molar-refractivity contribution in [2.24, 2.45) is 5.10 Å². The molecule has 1 heterocycles. The van der Waals surface area contributed by atoms with Gasteiger partial charge in [0, 0.05) is 17.7 Å². The Hall–Kier alpha value is -2.66. The third-order valence-electron chi connectivity index (χ3n) is 3.48. The molecule has 112 valence electrons. The molecule has 0 spiro atoms. The lowest BCUT2D eigenvalue weighted by atomic mass is 9.91. The first-order valence-electron chi connectivity index (χ1n) is 7.17. The second-order valence-electron chi connectivity index (χ2n) is 4.87. The minimum atomic E-state index is -1.10. The normalized spacial score (nSPS) is 20.8. The fourth-order valence-corrected chi connectivity index (χ4v) is 2.58. The number of benzene rings is 2. The molecule has 2 amide bonds. The van der Waals surface area contributed by atoms with Gasteiger partial charge in [0.2, 0.25) is 5.72 Å². The van der Waals surface area contributed by atoms with Crippen molar-refractivity contribution < 1.29 is 9.53 Å². The van der Waals surface area contributed by atoms with Crippen LogP contribution in [0.2, 0.25) is 0 Å². The minimum absolute atomic E-state index is 0.392. The van der Waals surface area contributed by atoms with E-state index in [1.54, 1.807) is 0 Å². The summed E-state index contributed by atoms with van der Waals surface area (Å²) >= 11 is 0. The van der Waals surface area contributed by atoms with Gasteiger partial charge in [0.15, 0.2) is 0 Å². The van der Waals surface area contributed by atoms with E-state index in [0.29, 0.717) is 12.3 Å². The predicted octanol–water partition coefficient (Wildman–Crippen LogP) is 2.59. The molecule has 2 aromatic rings. The highest BCUT2D eigenvalue weighted by Gasteiger charge is 2.43. The highest BCUT2D eigenvalue weighted by Crippen LogP contribution is 2.29. The van der Waals surface area contributed by atoms with Crippen LogP contribution in [-0.2, 0) is 10.5 Å². The van der Waals surface area contributed by atoms with Crippen molar-refractivity contribution >= 4 is 11.7 Å². The lowest BCUT2D eigenvalue weighted by molar-refractivity contribution is -0.00830. The Morgan fingerprint density at radius 1 is 1.05 bits per heavy atom. The van der Waals surface area contributed by atoms with Gasteiger partial charge < -0.3 is 4.74 Å². The van der Waals surface area contributed by atoms with Crippen LogP contribution in [0.25, 0.3) is 0 Å². The summed E-state index contributed by atoms with van der Waals surface area (Å²) in [5.74, 6) is 0. The summed E-state index contributed by atoms with van der Waals surface area (Å²) in [6.07, 6.45) is 0. The highest BCUT2D eigenvalue weighted by molar-refractivity contribution is 6.10. The molecule has 0 aromatic heterocycles. The number of ether oxygens (including phenoxy) is 1. The summed E-state index contributed by atoms with van der Waals surface area (Å²) in [5, 5.41) is 7.15. The predicted molar refractivity (Wildman–Crippen MR) is 84.4 cm³/mol. The lowest BCUT2D eigenvalue weighted by Gasteiger charge is -2.38. The van der Waals surface area contributed by atoms with Crippen LogP contribution in [0.15, 0.2) is 65.8 Å². The molecular formula is C17H17N3O2. The van der Waals surface area contributed by atoms with E-state index in [9.17, 15) is 4.79 Å². The van der Waals surface area contributed by atoms with Gasteiger partial charge >= 0.3 is 6.03 Å². The van der Waals surface area contributed by atoms with Gasteiger partial charge in [0.05, 0.1) is 0 Å². The van der Waals surface area contributed by atoms with Gasteiger partial charge in [-0.1, -0.05) is 60.7 Å². The van der Waals surface area contributed by atoms with E-state index in [1.807, 2.05) is 67.6 Å². The van der Waals surface area contributed by atoms with Crippen LogP contribution < -0.4 is 10.7 Å². The van der Waals surface area contributed by atoms with Crippen LogP contribution in [0, 0.1) is 0 Å². The number of rotatable bonds is 4. The molecule has 22 heavy (non-hydrogen) atoms. The molecule has 0 aliphatic carbocycles. The second kappa shape index (κ2) is 5.99. The average molecular weight is 295 g/mol. The molecule has 2 aromatic carbocycles. The summed E-state index contributed by atoms with van der Waals surface area (Å²) in [4.78, 5) is 11.9. The van der Waals surface area contributed by atoms with Gasteiger partial charge in [-0.3, -0.25) is 5.32 Å². The van der Waals surface area contributed by atoms with E-state index in [4.69, 9.17) is 4.74 Å². The van der Waals surface area contributed by atoms with Crippen molar-refractivity contribution in [1.82, 2.24) is 10.7 Å². The number of amides is 2. The van der Waals surface area contributed by atoms with Gasteiger partial charge in [0.25, 0.3) is 0 Å². The Kier molecular flexibility index (Phi) is 3.89. The molecule has 3 rings (SSSR count). The number of carbonyl (C=O) groups is 1. The first kappa shape index (κ1) is 14.3. The Morgan fingerprint density at radius 3 is 2.32 bits per heavy atom. The molecule has 0 saturated carbocycles. The molecule has 1 unspecified atom stereocenters. The molecular weight excluding hydrogens is 278 g/mol. The molecule has 0 saturated heterocycles. The average Bonchev–Trinajstić information content (AvgIpc) is 2.57. The van der Waals surface area contributed by atoms with Crippen LogP contribution in [-0.4, -0.2) is 18.3 Å². The second-order valence-corrected chi connectivity index (χ2v) is 4.87. The molecule has 0 fully saturated rings. The quantitative estimate of drug-likeness (QED) is 0.910. The number of nitrogens with zero attached hydrogens (tertiary/aromatic N) is 1. The molecule has 1 aliphatic heterocycles. The van der Waals surface area contributed by atoms with E-state index >= 15 is 0 Å². The van der Waals surface area contributed by atoms with Crippen molar-refractivity contribution in [2.75, 3.05) is 6.61 Å². The van der Waals surface area contributed by atoms with Crippen molar-refractivity contribution in [3.8, 4) is 0 Å². The minimum Gasteiger partial charge on any atom is -0.346 e. The smallest absolute Gasteiger partial charge is 0.337 e. The largest absolute Gasteiger partial charge is 0.346 e.